The summed E-state index contributed by atoms with van der Waals surface area (Å²) < 4.78 is 105. The number of anilines is 1. The van der Waals surface area contributed by atoms with Gasteiger partial charge in [0.15, 0.2) is 5.69 Å². The van der Waals surface area contributed by atoms with Crippen LogP contribution in [0.4, 0.5) is 32.0 Å². The number of hydrogen-bond acceptors (Lipinski definition) is 6. The predicted molar refractivity (Wildman–Crippen MR) is 88.0 cm³/mol. The number of pyridine rings is 1. The minimum absolute atomic E-state index is 0.235. The third-order valence-corrected chi connectivity index (χ3v) is 5.72. The number of ether oxygens (including phenoxy) is 1. The molecule has 30 heavy (non-hydrogen) atoms. The SMILES string of the molecule is Nc1cc(S(=O)(=O)c2ccc(OC(F)(F)F)cc2F)cnc1C(=O)N1CC(F)(F)C1. The number of carbonyl (C=O) groups excluding carboxylic acids is 1. The second-order valence-corrected chi connectivity index (χ2v) is 8.19. The van der Waals surface area contributed by atoms with Crippen LogP contribution in [0.2, 0.25) is 0 Å². The van der Waals surface area contributed by atoms with Crippen molar-refractivity contribution < 1.29 is 44.3 Å². The highest BCUT2D eigenvalue weighted by Gasteiger charge is 2.47. The lowest BCUT2D eigenvalue weighted by molar-refractivity contribution is -0.274. The molecule has 0 bridgehead atoms. The lowest BCUT2D eigenvalue weighted by Gasteiger charge is -2.38. The molecule has 3 rings (SSSR count). The molecule has 0 atom stereocenters. The molecule has 1 aromatic heterocycles. The quantitative estimate of drug-likeness (QED) is 0.712. The summed E-state index contributed by atoms with van der Waals surface area (Å²) in [5.74, 6) is -6.47. The molecular weight excluding hydrogens is 444 g/mol. The van der Waals surface area contributed by atoms with Gasteiger partial charge in [0.1, 0.15) is 16.5 Å². The van der Waals surface area contributed by atoms with Crippen molar-refractivity contribution in [3.05, 3.63) is 42.0 Å². The molecule has 1 fully saturated rings. The van der Waals surface area contributed by atoms with Crippen LogP contribution < -0.4 is 10.5 Å². The maximum Gasteiger partial charge on any atom is 0.573 e. The normalized spacial score (nSPS) is 16.1. The molecule has 0 aliphatic carbocycles. The summed E-state index contributed by atoms with van der Waals surface area (Å²) in [5, 5.41) is 0. The number of nitrogens with zero attached hydrogens (tertiary/aromatic N) is 2. The Morgan fingerprint density at radius 1 is 1.20 bits per heavy atom. The van der Waals surface area contributed by atoms with E-state index in [-0.39, 0.29) is 6.07 Å². The smallest absolute Gasteiger partial charge is 0.406 e. The number of sulfone groups is 1. The first-order valence-corrected chi connectivity index (χ1v) is 9.41. The van der Waals surface area contributed by atoms with Gasteiger partial charge in [0.05, 0.1) is 23.7 Å². The van der Waals surface area contributed by atoms with Gasteiger partial charge in [-0.25, -0.2) is 26.6 Å². The number of halogens is 6. The highest BCUT2D eigenvalue weighted by atomic mass is 32.2. The number of amides is 1. The van der Waals surface area contributed by atoms with E-state index in [1.54, 1.807) is 0 Å². The third-order valence-electron chi connectivity index (χ3n) is 3.96. The first-order valence-electron chi connectivity index (χ1n) is 7.93. The van der Waals surface area contributed by atoms with Crippen LogP contribution in [-0.4, -0.2) is 49.6 Å². The van der Waals surface area contributed by atoms with E-state index in [0.29, 0.717) is 18.3 Å². The number of carbonyl (C=O) groups is 1. The van der Waals surface area contributed by atoms with E-state index in [2.05, 4.69) is 9.72 Å². The summed E-state index contributed by atoms with van der Waals surface area (Å²) in [5.41, 5.74) is 4.67. The minimum Gasteiger partial charge on any atom is -0.406 e. The number of aromatic nitrogens is 1. The van der Waals surface area contributed by atoms with E-state index in [0.717, 1.165) is 11.0 Å². The van der Waals surface area contributed by atoms with Gasteiger partial charge >= 0.3 is 6.36 Å². The Hall–Kier alpha value is -3.03. The number of nitrogen functional groups attached to an aromatic ring is 1. The zero-order valence-corrected chi connectivity index (χ0v) is 15.4. The summed E-state index contributed by atoms with van der Waals surface area (Å²) in [6, 6.07) is 2.16. The van der Waals surface area contributed by atoms with Crippen LogP contribution in [0.3, 0.4) is 0 Å². The van der Waals surface area contributed by atoms with Gasteiger partial charge in [0.25, 0.3) is 11.8 Å². The molecule has 0 saturated carbocycles. The molecule has 1 amide bonds. The van der Waals surface area contributed by atoms with E-state index in [4.69, 9.17) is 5.73 Å². The fourth-order valence-electron chi connectivity index (χ4n) is 2.62. The van der Waals surface area contributed by atoms with Gasteiger partial charge in [-0.1, -0.05) is 0 Å². The molecule has 0 unspecified atom stereocenters. The van der Waals surface area contributed by atoms with Crippen molar-refractivity contribution in [2.75, 3.05) is 18.8 Å². The van der Waals surface area contributed by atoms with Crippen LogP contribution in [0.5, 0.6) is 5.75 Å². The first kappa shape index (κ1) is 21.7. The van der Waals surface area contributed by atoms with Gasteiger partial charge in [0.2, 0.25) is 9.84 Å². The second kappa shape index (κ2) is 7.04. The van der Waals surface area contributed by atoms with E-state index in [1.165, 1.54) is 0 Å². The van der Waals surface area contributed by atoms with E-state index < -0.39 is 73.9 Å². The molecule has 0 radical (unpaired) electrons. The Bertz CT molecular complexity index is 1110. The van der Waals surface area contributed by atoms with Crippen molar-refractivity contribution in [1.29, 1.82) is 0 Å². The molecule has 162 valence electrons. The molecule has 1 saturated heterocycles. The maximum absolute atomic E-state index is 14.1. The maximum atomic E-state index is 14.1. The second-order valence-electron chi connectivity index (χ2n) is 6.27. The number of alkyl halides is 5. The Labute approximate surface area is 165 Å². The van der Waals surface area contributed by atoms with Crippen molar-refractivity contribution in [2.45, 2.75) is 22.1 Å². The standard InChI is InChI=1S/C16H11F6N3O4S/c17-10-3-8(29-16(20,21)22)1-2-12(10)30(27,28)9-4-11(23)13(24-5-9)14(26)25-6-15(18,19)7-25/h1-5H,6-7,23H2. The fourth-order valence-corrected chi connectivity index (χ4v) is 3.91. The molecule has 2 aromatic rings. The molecule has 1 aromatic carbocycles. The summed E-state index contributed by atoms with van der Waals surface area (Å²) in [6.07, 6.45) is -4.44. The number of nitrogens with two attached hydrogens (primary N) is 1. The van der Waals surface area contributed by atoms with Crippen molar-refractivity contribution in [3.63, 3.8) is 0 Å². The van der Waals surface area contributed by atoms with Gasteiger partial charge in [-0.3, -0.25) is 4.79 Å². The summed E-state index contributed by atoms with van der Waals surface area (Å²) >= 11 is 0. The molecular formula is C16H11F6N3O4S. The predicted octanol–water partition coefficient (Wildman–Crippen LogP) is 2.63. The monoisotopic (exact) mass is 455 g/mol. The molecule has 7 nitrogen and oxygen atoms in total. The average Bonchev–Trinajstić information content (AvgIpc) is 2.57. The molecule has 2 heterocycles. The van der Waals surface area contributed by atoms with Crippen molar-refractivity contribution in [2.24, 2.45) is 0 Å². The van der Waals surface area contributed by atoms with Gasteiger partial charge in [-0.15, -0.1) is 13.2 Å². The summed E-state index contributed by atoms with van der Waals surface area (Å²) in [6.45, 7) is -1.69. The van der Waals surface area contributed by atoms with Crippen molar-refractivity contribution >= 4 is 21.4 Å². The zero-order valence-electron chi connectivity index (χ0n) is 14.6. The number of benzene rings is 1. The molecule has 14 heteroatoms. The van der Waals surface area contributed by atoms with E-state index >= 15 is 0 Å². The summed E-state index contributed by atoms with van der Waals surface area (Å²) in [4.78, 5) is 14.8. The molecule has 2 N–H and O–H groups in total. The number of likely N-dealkylation sites (tertiary alicyclic amines) is 1. The van der Waals surface area contributed by atoms with Crippen LogP contribution in [0.15, 0.2) is 40.3 Å². The van der Waals surface area contributed by atoms with Gasteiger partial charge in [-0.2, -0.15) is 0 Å². The minimum atomic E-state index is -5.10. The van der Waals surface area contributed by atoms with Gasteiger partial charge in [0, 0.05) is 12.3 Å². The Morgan fingerprint density at radius 3 is 2.33 bits per heavy atom. The van der Waals surface area contributed by atoms with Crippen LogP contribution in [0.1, 0.15) is 10.5 Å². The molecule has 0 spiro atoms. The Balaban J connectivity index is 1.88. The van der Waals surface area contributed by atoms with Gasteiger partial charge < -0.3 is 15.4 Å². The Morgan fingerprint density at radius 2 is 1.83 bits per heavy atom. The molecule has 1 aliphatic rings. The van der Waals surface area contributed by atoms with Crippen molar-refractivity contribution in [1.82, 2.24) is 9.88 Å². The van der Waals surface area contributed by atoms with Crippen LogP contribution in [-0.2, 0) is 9.84 Å². The Kier molecular flexibility index (Phi) is 5.08. The lowest BCUT2D eigenvalue weighted by atomic mass is 10.1. The zero-order chi connectivity index (χ0) is 22.5. The fraction of sp³-hybridized carbons (Fsp3) is 0.250. The largest absolute Gasteiger partial charge is 0.573 e. The highest BCUT2D eigenvalue weighted by molar-refractivity contribution is 7.91. The van der Waals surface area contributed by atoms with E-state index in [1.807, 2.05) is 0 Å². The first-order chi connectivity index (χ1) is 13.7. The average molecular weight is 455 g/mol. The van der Waals surface area contributed by atoms with Crippen molar-refractivity contribution in [3.8, 4) is 5.75 Å². The number of rotatable bonds is 4. The van der Waals surface area contributed by atoms with Crippen LogP contribution in [0, 0.1) is 5.82 Å². The van der Waals surface area contributed by atoms with E-state index in [9.17, 15) is 39.6 Å². The lowest BCUT2D eigenvalue weighted by Crippen LogP contribution is -2.58. The summed E-state index contributed by atoms with van der Waals surface area (Å²) in [7, 11) is -4.62. The van der Waals surface area contributed by atoms with Gasteiger partial charge in [-0.05, 0) is 18.2 Å². The van der Waals surface area contributed by atoms with Crippen LogP contribution >= 0.6 is 0 Å². The third kappa shape index (κ3) is 4.27. The number of hydrogen-bond donors (Lipinski definition) is 1. The molecule has 1 aliphatic heterocycles. The topological polar surface area (TPSA) is 103 Å². The highest BCUT2D eigenvalue weighted by Crippen LogP contribution is 2.31. The van der Waals surface area contributed by atoms with Crippen LogP contribution in [0.25, 0.3) is 0 Å².